The molecular weight excluding hydrogens is 210 g/mol. The number of nitrogens with one attached hydrogen (secondary N) is 1. The Labute approximate surface area is 103 Å². The third-order valence-corrected chi connectivity index (χ3v) is 2.90. The second kappa shape index (κ2) is 5.15. The van der Waals surface area contributed by atoms with Crippen molar-refractivity contribution in [3.8, 4) is 0 Å². The molecule has 0 aliphatic rings. The van der Waals surface area contributed by atoms with E-state index in [4.69, 9.17) is 0 Å². The summed E-state index contributed by atoms with van der Waals surface area (Å²) in [6, 6.07) is 8.74. The van der Waals surface area contributed by atoms with Crippen molar-refractivity contribution in [1.82, 2.24) is 14.9 Å². The van der Waals surface area contributed by atoms with Crippen molar-refractivity contribution >= 4 is 0 Å². The zero-order valence-electron chi connectivity index (χ0n) is 10.6. The first-order valence-corrected chi connectivity index (χ1v) is 5.99. The monoisotopic (exact) mass is 229 g/mol. The van der Waals surface area contributed by atoms with E-state index in [-0.39, 0.29) is 6.04 Å². The number of rotatable bonds is 4. The molecular formula is C14H19N3. The Morgan fingerprint density at radius 1 is 1.41 bits per heavy atom. The van der Waals surface area contributed by atoms with Gasteiger partial charge in [0.25, 0.3) is 0 Å². The lowest BCUT2D eigenvalue weighted by atomic mass is 10.0. The fourth-order valence-corrected chi connectivity index (χ4v) is 2.07. The lowest BCUT2D eigenvalue weighted by Crippen LogP contribution is -2.24. The molecule has 0 radical (unpaired) electrons. The third-order valence-electron chi connectivity index (χ3n) is 2.90. The Morgan fingerprint density at radius 3 is 2.82 bits per heavy atom. The summed E-state index contributed by atoms with van der Waals surface area (Å²) in [7, 11) is 2.03. The van der Waals surface area contributed by atoms with Gasteiger partial charge in [0.2, 0.25) is 0 Å². The Bertz CT molecular complexity index is 488. The highest BCUT2D eigenvalue weighted by atomic mass is 15.1. The Kier molecular flexibility index (Phi) is 3.59. The van der Waals surface area contributed by atoms with Crippen molar-refractivity contribution in [2.75, 3.05) is 6.54 Å². The van der Waals surface area contributed by atoms with E-state index in [9.17, 15) is 0 Å². The summed E-state index contributed by atoms with van der Waals surface area (Å²) in [5.74, 6) is 1.05. The molecule has 0 saturated carbocycles. The maximum absolute atomic E-state index is 4.44. The lowest BCUT2D eigenvalue weighted by Gasteiger charge is -2.18. The highest BCUT2D eigenvalue weighted by molar-refractivity contribution is 5.29. The van der Waals surface area contributed by atoms with E-state index in [1.807, 2.05) is 19.4 Å². The summed E-state index contributed by atoms with van der Waals surface area (Å²) in [5, 5.41) is 3.49. The molecule has 0 aliphatic heterocycles. The molecule has 1 atom stereocenters. The van der Waals surface area contributed by atoms with Crippen LogP contribution in [0.25, 0.3) is 0 Å². The van der Waals surface area contributed by atoms with Gasteiger partial charge in [0.15, 0.2) is 0 Å². The Balaban J connectivity index is 2.39. The molecule has 0 amide bonds. The highest BCUT2D eigenvalue weighted by Crippen LogP contribution is 2.20. The van der Waals surface area contributed by atoms with Gasteiger partial charge in [-0.05, 0) is 19.0 Å². The Hall–Kier alpha value is -1.61. The number of benzene rings is 1. The van der Waals surface area contributed by atoms with E-state index in [0.717, 1.165) is 12.4 Å². The number of aryl methyl sites for hydroxylation is 2. The first kappa shape index (κ1) is 11.9. The van der Waals surface area contributed by atoms with Gasteiger partial charge in [-0.3, -0.25) is 0 Å². The minimum absolute atomic E-state index is 0.167. The van der Waals surface area contributed by atoms with Crippen molar-refractivity contribution in [2.24, 2.45) is 7.05 Å². The molecule has 1 aromatic heterocycles. The van der Waals surface area contributed by atoms with Crippen LogP contribution in [0.2, 0.25) is 0 Å². The maximum atomic E-state index is 4.44. The lowest BCUT2D eigenvalue weighted by molar-refractivity contribution is 0.577. The van der Waals surface area contributed by atoms with Crippen molar-refractivity contribution in [3.05, 3.63) is 53.6 Å². The number of imidazole rings is 1. The predicted octanol–water partition coefficient (Wildman–Crippen LogP) is 2.43. The minimum Gasteiger partial charge on any atom is -0.336 e. The standard InChI is InChI=1S/C14H19N3/c1-4-15-13(14-16-8-9-17(14)3)12-7-5-6-11(2)10-12/h5-10,13,15H,4H2,1-3H3. The molecule has 0 aliphatic carbocycles. The number of nitrogens with zero attached hydrogens (tertiary/aromatic N) is 2. The molecule has 1 unspecified atom stereocenters. The fourth-order valence-electron chi connectivity index (χ4n) is 2.07. The van der Waals surface area contributed by atoms with Gasteiger partial charge in [-0.15, -0.1) is 0 Å². The number of hydrogen-bond donors (Lipinski definition) is 1. The van der Waals surface area contributed by atoms with Crippen molar-refractivity contribution < 1.29 is 0 Å². The number of hydrogen-bond acceptors (Lipinski definition) is 2. The van der Waals surface area contributed by atoms with E-state index in [2.05, 4.69) is 53.0 Å². The molecule has 90 valence electrons. The van der Waals surface area contributed by atoms with Crippen LogP contribution in [-0.2, 0) is 7.05 Å². The first-order chi connectivity index (χ1) is 8.22. The van der Waals surface area contributed by atoms with Gasteiger partial charge in [-0.25, -0.2) is 4.98 Å². The van der Waals surface area contributed by atoms with Crippen molar-refractivity contribution in [1.29, 1.82) is 0 Å². The Morgan fingerprint density at radius 2 is 2.24 bits per heavy atom. The van der Waals surface area contributed by atoms with Gasteiger partial charge in [-0.1, -0.05) is 36.8 Å². The van der Waals surface area contributed by atoms with E-state index in [0.29, 0.717) is 0 Å². The van der Waals surface area contributed by atoms with Crippen LogP contribution >= 0.6 is 0 Å². The average molecular weight is 229 g/mol. The predicted molar refractivity (Wildman–Crippen MR) is 69.9 cm³/mol. The zero-order chi connectivity index (χ0) is 12.3. The zero-order valence-corrected chi connectivity index (χ0v) is 10.6. The summed E-state index contributed by atoms with van der Waals surface area (Å²) in [5.41, 5.74) is 2.54. The molecule has 0 spiro atoms. The molecule has 2 aromatic rings. The topological polar surface area (TPSA) is 29.9 Å². The highest BCUT2D eigenvalue weighted by Gasteiger charge is 2.16. The first-order valence-electron chi connectivity index (χ1n) is 5.99. The smallest absolute Gasteiger partial charge is 0.130 e. The van der Waals surface area contributed by atoms with Gasteiger partial charge < -0.3 is 9.88 Å². The van der Waals surface area contributed by atoms with Crippen molar-refractivity contribution in [2.45, 2.75) is 19.9 Å². The van der Waals surface area contributed by atoms with E-state index < -0.39 is 0 Å². The quantitative estimate of drug-likeness (QED) is 0.872. The molecule has 2 rings (SSSR count). The van der Waals surface area contributed by atoms with Gasteiger partial charge in [0, 0.05) is 19.4 Å². The fraction of sp³-hybridized carbons (Fsp3) is 0.357. The van der Waals surface area contributed by atoms with Crippen LogP contribution in [0.15, 0.2) is 36.7 Å². The summed E-state index contributed by atoms with van der Waals surface area (Å²) in [4.78, 5) is 4.44. The van der Waals surface area contributed by atoms with Crippen LogP contribution in [0.4, 0.5) is 0 Å². The molecule has 0 bridgehead atoms. The SMILES string of the molecule is CCNC(c1cccc(C)c1)c1nccn1C. The molecule has 1 aromatic carbocycles. The minimum atomic E-state index is 0.167. The van der Waals surface area contributed by atoms with Crippen molar-refractivity contribution in [3.63, 3.8) is 0 Å². The van der Waals surface area contributed by atoms with Gasteiger partial charge in [-0.2, -0.15) is 0 Å². The van der Waals surface area contributed by atoms with Crippen LogP contribution in [0, 0.1) is 6.92 Å². The average Bonchev–Trinajstić information content (AvgIpc) is 2.72. The van der Waals surface area contributed by atoms with Crippen LogP contribution < -0.4 is 5.32 Å². The normalized spacial score (nSPS) is 12.6. The van der Waals surface area contributed by atoms with E-state index in [1.165, 1.54) is 11.1 Å². The number of aromatic nitrogens is 2. The van der Waals surface area contributed by atoms with Gasteiger partial charge >= 0.3 is 0 Å². The summed E-state index contributed by atoms with van der Waals surface area (Å²) in [6.07, 6.45) is 3.82. The van der Waals surface area contributed by atoms with Crippen LogP contribution in [0.3, 0.4) is 0 Å². The summed E-state index contributed by atoms with van der Waals surface area (Å²) in [6.45, 7) is 5.15. The van der Waals surface area contributed by atoms with Crippen LogP contribution in [-0.4, -0.2) is 16.1 Å². The molecule has 3 nitrogen and oxygen atoms in total. The van der Waals surface area contributed by atoms with E-state index in [1.54, 1.807) is 0 Å². The van der Waals surface area contributed by atoms with Crippen LogP contribution in [0.5, 0.6) is 0 Å². The third kappa shape index (κ3) is 2.56. The molecule has 0 fully saturated rings. The molecule has 1 N–H and O–H groups in total. The maximum Gasteiger partial charge on any atom is 0.130 e. The molecule has 3 heteroatoms. The second-order valence-corrected chi connectivity index (χ2v) is 4.30. The second-order valence-electron chi connectivity index (χ2n) is 4.30. The molecule has 17 heavy (non-hydrogen) atoms. The molecule has 0 saturated heterocycles. The van der Waals surface area contributed by atoms with Crippen LogP contribution in [0.1, 0.15) is 29.9 Å². The van der Waals surface area contributed by atoms with Gasteiger partial charge in [0.05, 0.1) is 6.04 Å². The van der Waals surface area contributed by atoms with Gasteiger partial charge in [0.1, 0.15) is 5.82 Å². The van der Waals surface area contributed by atoms with E-state index >= 15 is 0 Å². The summed E-state index contributed by atoms with van der Waals surface area (Å²) < 4.78 is 2.07. The largest absolute Gasteiger partial charge is 0.336 e. The molecule has 1 heterocycles. The summed E-state index contributed by atoms with van der Waals surface area (Å²) >= 11 is 0.